The van der Waals surface area contributed by atoms with Gasteiger partial charge in [0.15, 0.2) is 0 Å². The first-order valence-electron chi connectivity index (χ1n) is 6.34. The first kappa shape index (κ1) is 12.9. The quantitative estimate of drug-likeness (QED) is 0.824. The van der Waals surface area contributed by atoms with E-state index < -0.39 is 0 Å². The zero-order chi connectivity index (χ0) is 13.0. The van der Waals surface area contributed by atoms with Gasteiger partial charge in [-0.3, -0.25) is 4.79 Å². The average Bonchev–Trinajstić information content (AvgIpc) is 2.39. The smallest absolute Gasteiger partial charge is 0.227 e. The number of hydrogen-bond donors (Lipinski definition) is 1. The minimum absolute atomic E-state index is 0.155. The Balaban J connectivity index is 1.95. The van der Waals surface area contributed by atoms with Crippen molar-refractivity contribution in [3.63, 3.8) is 0 Å². The average molecular weight is 248 g/mol. The fraction of sp³-hybridized carbons (Fsp3) is 0.500. The van der Waals surface area contributed by atoms with Gasteiger partial charge in [0.1, 0.15) is 0 Å². The van der Waals surface area contributed by atoms with Crippen LogP contribution in [-0.4, -0.2) is 37.1 Å². The van der Waals surface area contributed by atoms with Crippen LogP contribution in [0.15, 0.2) is 24.3 Å². The van der Waals surface area contributed by atoms with E-state index in [9.17, 15) is 4.79 Å². The number of ether oxygens (including phenoxy) is 1. The Morgan fingerprint density at radius 1 is 1.56 bits per heavy atom. The molecule has 2 rings (SSSR count). The topological polar surface area (TPSA) is 55.6 Å². The summed E-state index contributed by atoms with van der Waals surface area (Å²) < 4.78 is 5.33. The lowest BCUT2D eigenvalue weighted by molar-refractivity contribution is -0.134. The maximum absolute atomic E-state index is 12.2. The molecule has 2 N–H and O–H groups in total. The van der Waals surface area contributed by atoms with Crippen molar-refractivity contribution in [3.05, 3.63) is 29.8 Å². The van der Waals surface area contributed by atoms with Crippen molar-refractivity contribution >= 4 is 11.6 Å². The molecule has 1 unspecified atom stereocenters. The van der Waals surface area contributed by atoms with Gasteiger partial charge in [-0.1, -0.05) is 12.1 Å². The predicted octanol–water partition coefficient (Wildman–Crippen LogP) is 1.45. The molecule has 1 saturated heterocycles. The van der Waals surface area contributed by atoms with Crippen LogP contribution in [0.3, 0.4) is 0 Å². The Bertz CT molecular complexity index is 420. The van der Waals surface area contributed by atoms with E-state index >= 15 is 0 Å². The number of carbonyl (C=O) groups excluding carboxylic acids is 1. The SMILES string of the molecule is COC1CCCN(C(=O)Cc2cccc(N)c2)C1. The molecule has 1 aliphatic rings. The van der Waals surface area contributed by atoms with Crippen molar-refractivity contribution in [1.82, 2.24) is 4.90 Å². The molecule has 1 aliphatic heterocycles. The van der Waals surface area contributed by atoms with Gasteiger partial charge in [0, 0.05) is 25.9 Å². The molecule has 1 heterocycles. The van der Waals surface area contributed by atoms with Gasteiger partial charge >= 0.3 is 0 Å². The van der Waals surface area contributed by atoms with Gasteiger partial charge in [0.05, 0.1) is 12.5 Å². The first-order valence-corrected chi connectivity index (χ1v) is 6.34. The molecule has 1 aromatic rings. The Kier molecular flexibility index (Phi) is 4.20. The minimum Gasteiger partial charge on any atom is -0.399 e. The van der Waals surface area contributed by atoms with Gasteiger partial charge in [0.25, 0.3) is 0 Å². The van der Waals surface area contributed by atoms with Crippen molar-refractivity contribution in [3.8, 4) is 0 Å². The highest BCUT2D eigenvalue weighted by molar-refractivity contribution is 5.79. The Morgan fingerprint density at radius 3 is 3.11 bits per heavy atom. The second-order valence-electron chi connectivity index (χ2n) is 4.76. The summed E-state index contributed by atoms with van der Waals surface area (Å²) in [6.07, 6.45) is 2.66. The molecular weight excluding hydrogens is 228 g/mol. The number of nitrogen functional groups attached to an aromatic ring is 1. The number of amides is 1. The van der Waals surface area contributed by atoms with Crippen molar-refractivity contribution in [2.75, 3.05) is 25.9 Å². The van der Waals surface area contributed by atoms with Crippen LogP contribution in [0.25, 0.3) is 0 Å². The second-order valence-corrected chi connectivity index (χ2v) is 4.76. The molecule has 0 spiro atoms. The van der Waals surface area contributed by atoms with Crippen LogP contribution in [0, 0.1) is 0 Å². The highest BCUT2D eigenvalue weighted by Crippen LogP contribution is 2.15. The monoisotopic (exact) mass is 248 g/mol. The standard InChI is InChI=1S/C14H20N2O2/c1-18-13-6-3-7-16(10-13)14(17)9-11-4-2-5-12(15)8-11/h2,4-5,8,13H,3,6-7,9-10,15H2,1H3. The number of benzene rings is 1. The van der Waals surface area contributed by atoms with Crippen molar-refractivity contribution in [2.45, 2.75) is 25.4 Å². The lowest BCUT2D eigenvalue weighted by Crippen LogP contribution is -2.43. The normalized spacial score (nSPS) is 19.8. The van der Waals surface area contributed by atoms with Crippen LogP contribution in [0.2, 0.25) is 0 Å². The molecule has 98 valence electrons. The number of hydrogen-bond acceptors (Lipinski definition) is 3. The van der Waals surface area contributed by atoms with Crippen LogP contribution in [0.5, 0.6) is 0 Å². The number of carbonyl (C=O) groups is 1. The Hall–Kier alpha value is -1.55. The second kappa shape index (κ2) is 5.87. The summed E-state index contributed by atoms with van der Waals surface area (Å²) in [7, 11) is 1.70. The van der Waals surface area contributed by atoms with E-state index in [1.807, 2.05) is 29.2 Å². The zero-order valence-corrected chi connectivity index (χ0v) is 10.8. The number of nitrogens with two attached hydrogens (primary N) is 1. The highest BCUT2D eigenvalue weighted by Gasteiger charge is 2.23. The molecule has 1 aromatic carbocycles. The summed E-state index contributed by atoms with van der Waals surface area (Å²) in [6.45, 7) is 1.54. The van der Waals surface area contributed by atoms with E-state index in [1.165, 1.54) is 0 Å². The molecule has 0 radical (unpaired) electrons. The van der Waals surface area contributed by atoms with Gasteiger partial charge in [-0.2, -0.15) is 0 Å². The third kappa shape index (κ3) is 3.23. The molecule has 1 atom stereocenters. The van der Waals surface area contributed by atoms with E-state index in [0.717, 1.165) is 24.9 Å². The van der Waals surface area contributed by atoms with Crippen molar-refractivity contribution in [1.29, 1.82) is 0 Å². The Labute approximate surface area is 108 Å². The molecule has 0 saturated carbocycles. The minimum atomic E-state index is 0.155. The van der Waals surface area contributed by atoms with Gasteiger partial charge < -0.3 is 15.4 Å². The zero-order valence-electron chi connectivity index (χ0n) is 10.8. The van der Waals surface area contributed by atoms with E-state index in [-0.39, 0.29) is 12.0 Å². The van der Waals surface area contributed by atoms with Gasteiger partial charge in [0.2, 0.25) is 5.91 Å². The summed E-state index contributed by atoms with van der Waals surface area (Å²) in [5.41, 5.74) is 7.39. The molecule has 0 aromatic heterocycles. The van der Waals surface area contributed by atoms with Crippen LogP contribution in [0.4, 0.5) is 5.69 Å². The van der Waals surface area contributed by atoms with E-state index in [4.69, 9.17) is 10.5 Å². The summed E-state index contributed by atoms with van der Waals surface area (Å²) in [6, 6.07) is 7.50. The fourth-order valence-electron chi connectivity index (χ4n) is 2.35. The summed E-state index contributed by atoms with van der Waals surface area (Å²) in [5.74, 6) is 0.155. The van der Waals surface area contributed by atoms with Gasteiger partial charge in [-0.05, 0) is 30.5 Å². The first-order chi connectivity index (χ1) is 8.69. The van der Waals surface area contributed by atoms with Crippen molar-refractivity contribution < 1.29 is 9.53 Å². The van der Waals surface area contributed by atoms with Gasteiger partial charge in [-0.15, -0.1) is 0 Å². The fourth-order valence-corrected chi connectivity index (χ4v) is 2.35. The number of nitrogens with zero attached hydrogens (tertiary/aromatic N) is 1. The summed E-state index contributed by atoms with van der Waals surface area (Å²) in [4.78, 5) is 14.1. The van der Waals surface area contributed by atoms with Crippen molar-refractivity contribution in [2.24, 2.45) is 0 Å². The van der Waals surface area contributed by atoms with Crippen LogP contribution in [0.1, 0.15) is 18.4 Å². The number of methoxy groups -OCH3 is 1. The molecule has 1 amide bonds. The molecular formula is C14H20N2O2. The van der Waals surface area contributed by atoms with E-state index in [2.05, 4.69) is 0 Å². The third-order valence-electron chi connectivity index (χ3n) is 3.37. The molecule has 0 aliphatic carbocycles. The number of rotatable bonds is 3. The van der Waals surface area contributed by atoms with E-state index in [1.54, 1.807) is 7.11 Å². The molecule has 4 nitrogen and oxygen atoms in total. The maximum Gasteiger partial charge on any atom is 0.227 e. The van der Waals surface area contributed by atoms with Crippen LogP contribution in [-0.2, 0) is 16.0 Å². The largest absolute Gasteiger partial charge is 0.399 e. The summed E-state index contributed by atoms with van der Waals surface area (Å²) in [5, 5.41) is 0. The van der Waals surface area contributed by atoms with E-state index in [0.29, 0.717) is 18.7 Å². The molecule has 4 heteroatoms. The lowest BCUT2D eigenvalue weighted by atomic mass is 10.1. The van der Waals surface area contributed by atoms with Gasteiger partial charge in [-0.25, -0.2) is 0 Å². The highest BCUT2D eigenvalue weighted by atomic mass is 16.5. The Morgan fingerprint density at radius 2 is 2.39 bits per heavy atom. The third-order valence-corrected chi connectivity index (χ3v) is 3.37. The number of anilines is 1. The molecule has 0 bridgehead atoms. The van der Waals surface area contributed by atoms with Crippen LogP contribution >= 0.6 is 0 Å². The maximum atomic E-state index is 12.2. The lowest BCUT2D eigenvalue weighted by Gasteiger charge is -2.32. The number of likely N-dealkylation sites (tertiary alicyclic amines) is 1. The predicted molar refractivity (Wildman–Crippen MR) is 71.2 cm³/mol. The molecule has 18 heavy (non-hydrogen) atoms. The molecule has 1 fully saturated rings. The summed E-state index contributed by atoms with van der Waals surface area (Å²) >= 11 is 0. The number of piperidine rings is 1. The van der Waals surface area contributed by atoms with Crippen LogP contribution < -0.4 is 5.73 Å².